The van der Waals surface area contributed by atoms with Crippen LogP contribution in [0.3, 0.4) is 0 Å². The largest absolute Gasteiger partial charge is 0.320 e. The molecule has 0 spiro atoms. The fraction of sp³-hybridized carbons (Fsp3) is 0.318. The molecule has 0 N–H and O–H groups in total. The lowest BCUT2D eigenvalue weighted by atomic mass is 9.80. The summed E-state index contributed by atoms with van der Waals surface area (Å²) < 4.78 is 13.4. The Morgan fingerprint density at radius 2 is 1.85 bits per heavy atom. The summed E-state index contributed by atoms with van der Waals surface area (Å²) >= 11 is 0. The number of carbonyl (C=O) groups excluding carboxylic acids is 1. The average Bonchev–Trinajstić information content (AvgIpc) is 2.66. The van der Waals surface area contributed by atoms with Gasteiger partial charge in [0.05, 0.1) is 11.6 Å². The maximum atomic E-state index is 13.4. The molecule has 2 aromatic rings. The van der Waals surface area contributed by atoms with Crippen molar-refractivity contribution in [3.05, 3.63) is 78.1 Å². The summed E-state index contributed by atoms with van der Waals surface area (Å²) in [6.07, 6.45) is 3.24. The number of amides is 2. The van der Waals surface area contributed by atoms with Crippen molar-refractivity contribution in [2.45, 2.75) is 31.3 Å². The minimum atomic E-state index is -0.490. The van der Waals surface area contributed by atoms with Gasteiger partial charge in [-0.2, -0.15) is 0 Å². The van der Waals surface area contributed by atoms with Crippen LogP contribution in [0.4, 0.5) is 9.18 Å². The fourth-order valence-corrected chi connectivity index (χ4v) is 4.02. The van der Waals surface area contributed by atoms with Crippen molar-refractivity contribution in [3.8, 4) is 0 Å². The molecule has 2 atom stereocenters. The molecule has 1 aliphatic heterocycles. The number of carbonyl (C=O) groups is 1. The summed E-state index contributed by atoms with van der Waals surface area (Å²) in [6.45, 7) is 6.59. The van der Waals surface area contributed by atoms with Crippen molar-refractivity contribution >= 4 is 19.3 Å². The lowest BCUT2D eigenvalue weighted by molar-refractivity contribution is 0.0425. The van der Waals surface area contributed by atoms with Gasteiger partial charge in [0.25, 0.3) is 0 Å². The highest BCUT2D eigenvalue weighted by Gasteiger charge is 2.45. The Balaban J connectivity index is 1.90. The van der Waals surface area contributed by atoms with Gasteiger partial charge in [0.1, 0.15) is 13.7 Å². The summed E-state index contributed by atoms with van der Waals surface area (Å²) in [5, 5.41) is 0. The van der Waals surface area contributed by atoms with Crippen LogP contribution in [0.15, 0.2) is 61.2 Å². The number of rotatable bonds is 5. The summed E-state index contributed by atoms with van der Waals surface area (Å²) in [6, 6.07) is 14.8. The molecule has 1 aliphatic rings. The fourth-order valence-electron chi connectivity index (χ4n) is 4.02. The van der Waals surface area contributed by atoms with E-state index in [0.29, 0.717) is 13.0 Å². The van der Waals surface area contributed by atoms with Crippen LogP contribution in [0.1, 0.15) is 36.9 Å². The minimum Gasteiger partial charge on any atom is -0.318 e. The van der Waals surface area contributed by atoms with Gasteiger partial charge >= 0.3 is 6.03 Å². The molecule has 1 heterocycles. The van der Waals surface area contributed by atoms with E-state index in [4.69, 9.17) is 0 Å². The molecule has 3 nitrogen and oxygen atoms in total. The van der Waals surface area contributed by atoms with Gasteiger partial charge in [0, 0.05) is 13.6 Å². The van der Waals surface area contributed by atoms with E-state index in [2.05, 4.69) is 45.6 Å². The van der Waals surface area contributed by atoms with Crippen molar-refractivity contribution in [2.75, 3.05) is 13.6 Å². The Morgan fingerprint density at radius 3 is 2.44 bits per heavy atom. The first-order chi connectivity index (χ1) is 12.9. The van der Waals surface area contributed by atoms with E-state index in [-0.39, 0.29) is 17.9 Å². The SMILES string of the molecule is Bc1ccc([C@H](C)N2CC[C@@](CC=C)(c3ccc(F)cc3)N(C)C2=O)cc1. The Morgan fingerprint density at radius 1 is 1.22 bits per heavy atom. The van der Waals surface area contributed by atoms with Crippen molar-refractivity contribution < 1.29 is 9.18 Å². The molecule has 0 aliphatic carbocycles. The predicted octanol–water partition coefficient (Wildman–Crippen LogP) is 3.37. The van der Waals surface area contributed by atoms with Crippen molar-refractivity contribution in [2.24, 2.45) is 0 Å². The smallest absolute Gasteiger partial charge is 0.318 e. The first-order valence-corrected chi connectivity index (χ1v) is 9.37. The molecular weight excluding hydrogens is 338 g/mol. The van der Waals surface area contributed by atoms with Gasteiger partial charge in [-0.1, -0.05) is 47.9 Å². The number of nitrogens with zero attached hydrogens (tertiary/aromatic N) is 2. The van der Waals surface area contributed by atoms with E-state index in [1.165, 1.54) is 17.6 Å². The normalized spacial score (nSPS) is 21.2. The van der Waals surface area contributed by atoms with E-state index >= 15 is 0 Å². The Bertz CT molecular complexity index is 821. The summed E-state index contributed by atoms with van der Waals surface area (Å²) in [4.78, 5) is 17.0. The van der Waals surface area contributed by atoms with Crippen molar-refractivity contribution in [1.82, 2.24) is 9.80 Å². The molecule has 3 rings (SSSR count). The average molecular weight is 364 g/mol. The lowest BCUT2D eigenvalue weighted by Crippen LogP contribution is -2.58. The van der Waals surface area contributed by atoms with Gasteiger partial charge in [-0.3, -0.25) is 0 Å². The predicted molar refractivity (Wildman–Crippen MR) is 110 cm³/mol. The first kappa shape index (κ1) is 19.2. The van der Waals surface area contributed by atoms with Crippen molar-refractivity contribution in [3.63, 3.8) is 0 Å². The number of hydrogen-bond donors (Lipinski definition) is 0. The van der Waals surface area contributed by atoms with Gasteiger partial charge < -0.3 is 9.80 Å². The molecule has 0 saturated carbocycles. The quantitative estimate of drug-likeness (QED) is 0.590. The van der Waals surface area contributed by atoms with Gasteiger partial charge in [-0.25, -0.2) is 9.18 Å². The highest BCUT2D eigenvalue weighted by molar-refractivity contribution is 6.32. The minimum absolute atomic E-state index is 0.00417. The molecule has 1 fully saturated rings. The van der Waals surface area contributed by atoms with Crippen LogP contribution in [0.2, 0.25) is 0 Å². The van der Waals surface area contributed by atoms with Gasteiger partial charge in [0.2, 0.25) is 0 Å². The van der Waals surface area contributed by atoms with E-state index in [0.717, 1.165) is 17.5 Å². The summed E-state index contributed by atoms with van der Waals surface area (Å²) in [5.41, 5.74) is 2.78. The zero-order valence-corrected chi connectivity index (χ0v) is 16.3. The van der Waals surface area contributed by atoms with Gasteiger partial charge in [0.15, 0.2) is 0 Å². The zero-order chi connectivity index (χ0) is 19.6. The van der Waals surface area contributed by atoms with E-state index in [1.54, 1.807) is 17.0 Å². The molecule has 5 heteroatoms. The van der Waals surface area contributed by atoms with Gasteiger partial charge in [-0.05, 0) is 43.0 Å². The standard InChI is InChI=1S/C22H26BFN2O/c1-4-13-22(18-7-11-20(24)12-8-18)14-15-26(21(27)25(22)3)16(2)17-5-9-19(23)10-6-17/h4-12,16H,1,13-15,23H2,2-3H3/t16-,22-/m0/s1. The molecule has 0 unspecified atom stereocenters. The topological polar surface area (TPSA) is 23.6 Å². The molecule has 0 bridgehead atoms. The molecule has 140 valence electrons. The van der Waals surface area contributed by atoms with Crippen LogP contribution in [-0.2, 0) is 5.54 Å². The van der Waals surface area contributed by atoms with Crippen LogP contribution in [0.25, 0.3) is 0 Å². The molecule has 27 heavy (non-hydrogen) atoms. The van der Waals surface area contributed by atoms with E-state index in [1.807, 2.05) is 18.0 Å². The van der Waals surface area contributed by atoms with Gasteiger partial charge in [-0.15, -0.1) is 6.58 Å². The number of benzene rings is 2. The molecular formula is C22H26BFN2O. The third-order valence-corrected chi connectivity index (χ3v) is 5.83. The Hall–Kier alpha value is -2.56. The zero-order valence-electron chi connectivity index (χ0n) is 16.3. The Labute approximate surface area is 161 Å². The van der Waals surface area contributed by atoms with Crippen LogP contribution in [-0.4, -0.2) is 37.3 Å². The molecule has 1 saturated heterocycles. The maximum absolute atomic E-state index is 13.4. The van der Waals surface area contributed by atoms with Crippen LogP contribution >= 0.6 is 0 Å². The maximum Gasteiger partial charge on any atom is 0.320 e. The molecule has 0 aromatic heterocycles. The molecule has 0 radical (unpaired) electrons. The number of urea groups is 1. The van der Waals surface area contributed by atoms with E-state index in [9.17, 15) is 9.18 Å². The highest BCUT2D eigenvalue weighted by Crippen LogP contribution is 2.41. The highest BCUT2D eigenvalue weighted by atomic mass is 19.1. The number of halogens is 1. The summed E-state index contributed by atoms with van der Waals surface area (Å²) in [5.74, 6) is -0.271. The Kier molecular flexibility index (Phi) is 5.40. The molecule has 2 amide bonds. The second kappa shape index (κ2) is 7.59. The number of hydrogen-bond acceptors (Lipinski definition) is 1. The van der Waals surface area contributed by atoms with Crippen molar-refractivity contribution in [1.29, 1.82) is 0 Å². The lowest BCUT2D eigenvalue weighted by Gasteiger charge is -2.50. The third-order valence-electron chi connectivity index (χ3n) is 5.83. The molecule has 2 aromatic carbocycles. The van der Waals surface area contributed by atoms with E-state index < -0.39 is 5.54 Å². The second-order valence-corrected chi connectivity index (χ2v) is 7.40. The van der Waals surface area contributed by atoms with Crippen LogP contribution < -0.4 is 5.46 Å². The first-order valence-electron chi connectivity index (χ1n) is 9.37. The third kappa shape index (κ3) is 3.51. The van der Waals surface area contributed by atoms with Crippen LogP contribution in [0.5, 0.6) is 0 Å². The monoisotopic (exact) mass is 364 g/mol. The van der Waals surface area contributed by atoms with Crippen LogP contribution in [0, 0.1) is 5.82 Å². The second-order valence-electron chi connectivity index (χ2n) is 7.40. The summed E-state index contributed by atoms with van der Waals surface area (Å²) in [7, 11) is 3.89.